The van der Waals surface area contributed by atoms with Gasteiger partial charge in [0, 0.05) is 10.9 Å². The fourth-order valence-electron chi connectivity index (χ4n) is 2.95. The maximum Gasteiger partial charge on any atom is 0.258 e. The van der Waals surface area contributed by atoms with Gasteiger partial charge in [-0.1, -0.05) is 36.4 Å². The van der Waals surface area contributed by atoms with E-state index >= 15 is 0 Å². The summed E-state index contributed by atoms with van der Waals surface area (Å²) >= 11 is 0. The highest BCUT2D eigenvalue weighted by molar-refractivity contribution is 5.99. The summed E-state index contributed by atoms with van der Waals surface area (Å²) in [7, 11) is 1.65. The highest BCUT2D eigenvalue weighted by atomic mass is 16.5. The third kappa shape index (κ3) is 2.19. The van der Waals surface area contributed by atoms with Gasteiger partial charge >= 0.3 is 0 Å². The van der Waals surface area contributed by atoms with E-state index in [-0.39, 0.29) is 5.91 Å². The highest BCUT2D eigenvalue weighted by Crippen LogP contribution is 2.35. The quantitative estimate of drug-likeness (QED) is 0.786. The van der Waals surface area contributed by atoms with Gasteiger partial charge in [0.05, 0.1) is 12.7 Å². The molecule has 0 spiro atoms. The Morgan fingerprint density at radius 1 is 0.957 bits per heavy atom. The molecule has 0 unspecified atom stereocenters. The van der Waals surface area contributed by atoms with Crippen LogP contribution in [-0.2, 0) is 0 Å². The van der Waals surface area contributed by atoms with Crippen molar-refractivity contribution in [2.75, 3.05) is 7.11 Å². The zero-order valence-corrected chi connectivity index (χ0v) is 12.6. The highest BCUT2D eigenvalue weighted by Gasteiger charge is 2.27. The summed E-state index contributed by atoms with van der Waals surface area (Å²) in [5.41, 5.74) is 1.46. The van der Waals surface area contributed by atoms with Crippen molar-refractivity contribution >= 4 is 16.7 Å². The van der Waals surface area contributed by atoms with E-state index in [9.17, 15) is 4.79 Å². The molecule has 0 aliphatic carbocycles. The number of methoxy groups -OCH3 is 1. The summed E-state index contributed by atoms with van der Waals surface area (Å²) in [5, 5.41) is 4.90. The van der Waals surface area contributed by atoms with E-state index in [4.69, 9.17) is 9.47 Å². The predicted octanol–water partition coefficient (Wildman–Crippen LogP) is 3.67. The Bertz CT molecular complexity index is 904. The van der Waals surface area contributed by atoms with Gasteiger partial charge in [-0.25, -0.2) is 0 Å². The molecule has 4 rings (SSSR count). The maximum atomic E-state index is 12.3. The number of fused-ring (bicyclic) bond motifs is 2. The number of rotatable bonds is 2. The Kier molecular flexibility index (Phi) is 3.15. The second-order valence-electron chi connectivity index (χ2n) is 5.37. The van der Waals surface area contributed by atoms with Crippen LogP contribution < -0.4 is 14.8 Å². The fourth-order valence-corrected chi connectivity index (χ4v) is 2.95. The molecule has 0 saturated heterocycles. The zero-order chi connectivity index (χ0) is 15.8. The molecule has 0 fully saturated rings. The van der Waals surface area contributed by atoms with Crippen LogP contribution in [0.3, 0.4) is 0 Å². The van der Waals surface area contributed by atoms with Crippen LogP contribution in [0.25, 0.3) is 10.8 Å². The number of amides is 1. The molecular formula is C19H15NO3. The molecule has 3 aromatic rings. The number of para-hydroxylation sites is 1. The van der Waals surface area contributed by atoms with Crippen LogP contribution in [0.5, 0.6) is 11.5 Å². The second kappa shape index (κ2) is 5.32. The first kappa shape index (κ1) is 13.6. The van der Waals surface area contributed by atoms with E-state index in [1.807, 2.05) is 54.6 Å². The number of ether oxygens (including phenoxy) is 2. The minimum absolute atomic E-state index is 0.128. The average molecular weight is 305 g/mol. The van der Waals surface area contributed by atoms with Crippen LogP contribution in [-0.4, -0.2) is 13.0 Å². The predicted molar refractivity (Wildman–Crippen MR) is 87.8 cm³/mol. The lowest BCUT2D eigenvalue weighted by molar-refractivity contribution is 0.0759. The third-order valence-corrected chi connectivity index (χ3v) is 4.06. The minimum Gasteiger partial charge on any atom is -0.496 e. The Morgan fingerprint density at radius 3 is 2.52 bits per heavy atom. The van der Waals surface area contributed by atoms with Crippen molar-refractivity contribution in [1.29, 1.82) is 0 Å². The molecule has 3 aromatic carbocycles. The summed E-state index contributed by atoms with van der Waals surface area (Å²) in [6, 6.07) is 19.0. The number of benzene rings is 3. The van der Waals surface area contributed by atoms with E-state index in [0.29, 0.717) is 11.3 Å². The van der Waals surface area contributed by atoms with E-state index in [2.05, 4.69) is 5.32 Å². The number of hydrogen-bond donors (Lipinski definition) is 1. The van der Waals surface area contributed by atoms with Gasteiger partial charge in [-0.2, -0.15) is 0 Å². The normalized spacial score (nSPS) is 16.4. The Labute approximate surface area is 133 Å². The topological polar surface area (TPSA) is 47.6 Å². The van der Waals surface area contributed by atoms with Gasteiger partial charge in [0.25, 0.3) is 5.91 Å². The second-order valence-corrected chi connectivity index (χ2v) is 5.37. The van der Waals surface area contributed by atoms with E-state index in [1.54, 1.807) is 13.2 Å². The molecule has 1 atom stereocenters. The molecule has 4 heteroatoms. The van der Waals surface area contributed by atoms with Crippen LogP contribution >= 0.6 is 0 Å². The molecule has 0 saturated carbocycles. The van der Waals surface area contributed by atoms with Crippen molar-refractivity contribution in [3.8, 4) is 11.5 Å². The van der Waals surface area contributed by atoms with Gasteiger partial charge in [-0.15, -0.1) is 0 Å². The van der Waals surface area contributed by atoms with Gasteiger partial charge in [-0.05, 0) is 29.7 Å². The van der Waals surface area contributed by atoms with E-state index in [0.717, 1.165) is 22.1 Å². The summed E-state index contributed by atoms with van der Waals surface area (Å²) in [5.74, 6) is 1.27. The number of carbonyl (C=O) groups excluding carboxylic acids is 1. The van der Waals surface area contributed by atoms with Gasteiger partial charge in [0.15, 0.2) is 6.23 Å². The fraction of sp³-hybridized carbons (Fsp3) is 0.105. The molecule has 1 aliphatic heterocycles. The molecule has 4 nitrogen and oxygen atoms in total. The third-order valence-electron chi connectivity index (χ3n) is 4.06. The van der Waals surface area contributed by atoms with Crippen LogP contribution in [0.2, 0.25) is 0 Å². The smallest absolute Gasteiger partial charge is 0.258 e. The van der Waals surface area contributed by atoms with Crippen molar-refractivity contribution < 1.29 is 14.3 Å². The zero-order valence-electron chi connectivity index (χ0n) is 12.6. The van der Waals surface area contributed by atoms with Crippen LogP contribution in [0, 0.1) is 0 Å². The van der Waals surface area contributed by atoms with Crippen LogP contribution in [0.1, 0.15) is 22.1 Å². The average Bonchev–Trinajstić information content (AvgIpc) is 2.60. The Hall–Kier alpha value is -3.01. The van der Waals surface area contributed by atoms with E-state index < -0.39 is 6.23 Å². The molecule has 1 aliphatic rings. The molecule has 114 valence electrons. The van der Waals surface area contributed by atoms with Crippen LogP contribution in [0.15, 0.2) is 60.7 Å². The maximum absolute atomic E-state index is 12.3. The number of hydrogen-bond acceptors (Lipinski definition) is 3. The molecule has 23 heavy (non-hydrogen) atoms. The minimum atomic E-state index is -0.520. The monoisotopic (exact) mass is 305 g/mol. The first-order valence-corrected chi connectivity index (χ1v) is 7.40. The molecular weight excluding hydrogens is 290 g/mol. The standard InChI is InChI=1S/C19H15NO3/c1-22-16-11-10-14(12-6-2-3-7-13(12)16)19-20-18(21)15-8-4-5-9-17(15)23-19/h2-11,19H,1H3,(H,20,21)/t19-/m1/s1. The molecule has 0 bridgehead atoms. The van der Waals surface area contributed by atoms with Crippen molar-refractivity contribution in [3.63, 3.8) is 0 Å². The van der Waals surface area contributed by atoms with Gasteiger partial charge in [0.2, 0.25) is 0 Å². The SMILES string of the molecule is COc1ccc([C@@H]2NC(=O)c3ccccc3O2)c2ccccc12. The van der Waals surface area contributed by atoms with Gasteiger partial charge in [-0.3, -0.25) is 4.79 Å². The molecule has 1 heterocycles. The lowest BCUT2D eigenvalue weighted by atomic mass is 10.0. The first-order chi connectivity index (χ1) is 11.3. The van der Waals surface area contributed by atoms with Gasteiger partial charge < -0.3 is 14.8 Å². The van der Waals surface area contributed by atoms with Crippen molar-refractivity contribution in [2.45, 2.75) is 6.23 Å². The molecule has 1 N–H and O–H groups in total. The number of carbonyl (C=O) groups is 1. The summed E-state index contributed by atoms with van der Waals surface area (Å²) in [4.78, 5) is 12.3. The Morgan fingerprint density at radius 2 is 1.70 bits per heavy atom. The van der Waals surface area contributed by atoms with Crippen molar-refractivity contribution in [2.24, 2.45) is 0 Å². The van der Waals surface area contributed by atoms with Crippen molar-refractivity contribution in [3.05, 3.63) is 71.8 Å². The van der Waals surface area contributed by atoms with E-state index in [1.165, 1.54) is 0 Å². The molecule has 0 aromatic heterocycles. The summed E-state index contributed by atoms with van der Waals surface area (Å²) < 4.78 is 11.4. The molecule has 0 radical (unpaired) electrons. The molecule has 1 amide bonds. The largest absolute Gasteiger partial charge is 0.496 e. The first-order valence-electron chi connectivity index (χ1n) is 7.40. The summed E-state index contributed by atoms with van der Waals surface area (Å²) in [6.45, 7) is 0. The number of nitrogens with one attached hydrogen (secondary N) is 1. The Balaban J connectivity index is 1.84. The van der Waals surface area contributed by atoms with Gasteiger partial charge in [0.1, 0.15) is 11.5 Å². The summed E-state index contributed by atoms with van der Waals surface area (Å²) in [6.07, 6.45) is -0.520. The van der Waals surface area contributed by atoms with Crippen LogP contribution in [0.4, 0.5) is 0 Å². The lowest BCUT2D eigenvalue weighted by Gasteiger charge is -2.28. The van der Waals surface area contributed by atoms with Crippen molar-refractivity contribution in [1.82, 2.24) is 5.32 Å². The lowest BCUT2D eigenvalue weighted by Crippen LogP contribution is -2.36.